The first-order valence-electron chi connectivity index (χ1n) is 14.7. The smallest absolute Gasteiger partial charge is 0.307 e. The zero-order chi connectivity index (χ0) is 30.2. The molecule has 3 atom stereocenters. The number of anilines is 1. The first-order chi connectivity index (χ1) is 20.7. The fraction of sp³-hybridized carbons (Fsp3) is 0.394. The number of aromatic nitrogens is 3. The quantitative estimate of drug-likeness (QED) is 0.269. The zero-order valence-corrected chi connectivity index (χ0v) is 25.8. The van der Waals surface area contributed by atoms with E-state index < -0.39 is 5.97 Å². The molecule has 43 heavy (non-hydrogen) atoms. The average molecular weight is 600 g/mol. The van der Waals surface area contributed by atoms with E-state index in [0.717, 1.165) is 70.5 Å². The van der Waals surface area contributed by atoms with Crippen LogP contribution in [0.5, 0.6) is 5.75 Å². The van der Waals surface area contributed by atoms with Crippen LogP contribution in [0.25, 0.3) is 11.3 Å². The third kappa shape index (κ3) is 6.01. The van der Waals surface area contributed by atoms with Gasteiger partial charge in [0.15, 0.2) is 5.13 Å². The largest absolute Gasteiger partial charge is 0.488 e. The van der Waals surface area contributed by atoms with Gasteiger partial charge in [0.2, 0.25) is 0 Å². The highest BCUT2D eigenvalue weighted by Gasteiger charge is 2.46. The lowest BCUT2D eigenvalue weighted by Gasteiger charge is -2.35. The molecule has 2 aliphatic rings. The van der Waals surface area contributed by atoms with E-state index in [4.69, 9.17) is 9.72 Å². The van der Waals surface area contributed by atoms with Crippen LogP contribution >= 0.6 is 11.3 Å². The molecule has 1 amide bonds. The number of piperidine rings is 1. The SMILES string of the molecule is Cc1ccc(OCc2ccc(C(=O)N(C)Cc3ccn(C)n3)cc2C)c(-c2csc(N3C[C@H]4CC[C@@H](C3)C4C(=O)O)n2)c1. The summed E-state index contributed by atoms with van der Waals surface area (Å²) >= 11 is 1.60. The summed E-state index contributed by atoms with van der Waals surface area (Å²) in [5, 5.41) is 17.1. The number of carboxylic acid groups (broad SMARTS) is 1. The van der Waals surface area contributed by atoms with Crippen LogP contribution in [0.2, 0.25) is 0 Å². The number of carboxylic acids is 1. The average Bonchev–Trinajstić information content (AvgIpc) is 3.70. The monoisotopic (exact) mass is 599 g/mol. The lowest BCUT2D eigenvalue weighted by molar-refractivity contribution is -0.144. The number of benzene rings is 2. The van der Waals surface area contributed by atoms with E-state index in [1.165, 1.54) is 0 Å². The number of nitrogens with zero attached hydrogens (tertiary/aromatic N) is 5. The molecule has 9 nitrogen and oxygen atoms in total. The molecule has 2 aromatic heterocycles. The first-order valence-corrected chi connectivity index (χ1v) is 15.5. The maximum absolute atomic E-state index is 13.1. The van der Waals surface area contributed by atoms with Crippen molar-refractivity contribution >= 4 is 28.3 Å². The van der Waals surface area contributed by atoms with Crippen LogP contribution in [-0.2, 0) is 25.0 Å². The molecule has 2 fully saturated rings. The van der Waals surface area contributed by atoms with Crippen LogP contribution in [-0.4, -0.2) is 56.8 Å². The number of fused-ring (bicyclic) bond motifs is 2. The minimum Gasteiger partial charge on any atom is -0.488 e. The number of carbonyl (C=O) groups is 2. The maximum Gasteiger partial charge on any atom is 0.307 e. The van der Waals surface area contributed by atoms with Crippen LogP contribution in [0.15, 0.2) is 54.0 Å². The Hall–Kier alpha value is -4.18. The number of aliphatic carboxylic acids is 1. The molecule has 1 saturated heterocycles. The van der Waals surface area contributed by atoms with Crippen LogP contribution in [0.1, 0.15) is 45.6 Å². The Morgan fingerprint density at radius 3 is 2.53 bits per heavy atom. The van der Waals surface area contributed by atoms with E-state index in [1.54, 1.807) is 28.0 Å². The van der Waals surface area contributed by atoms with Crippen LogP contribution in [0.3, 0.4) is 0 Å². The van der Waals surface area contributed by atoms with E-state index in [2.05, 4.69) is 28.4 Å². The number of hydrogen-bond acceptors (Lipinski definition) is 7. The minimum atomic E-state index is -0.655. The van der Waals surface area contributed by atoms with Gasteiger partial charge in [0.1, 0.15) is 12.4 Å². The molecule has 2 aromatic carbocycles. The second-order valence-corrected chi connectivity index (χ2v) is 12.8. The molecule has 1 unspecified atom stereocenters. The molecule has 0 radical (unpaired) electrons. The predicted octanol–water partition coefficient (Wildman–Crippen LogP) is 5.56. The summed E-state index contributed by atoms with van der Waals surface area (Å²) in [6.07, 6.45) is 3.82. The van der Waals surface area contributed by atoms with Crippen molar-refractivity contribution in [3.63, 3.8) is 0 Å². The topological polar surface area (TPSA) is 101 Å². The number of hydrogen-bond donors (Lipinski definition) is 1. The summed E-state index contributed by atoms with van der Waals surface area (Å²) in [5.74, 6) is 0.192. The van der Waals surface area contributed by atoms with Gasteiger partial charge < -0.3 is 19.6 Å². The third-order valence-corrected chi connectivity index (χ3v) is 9.68. The third-order valence-electron chi connectivity index (χ3n) is 8.78. The van der Waals surface area contributed by atoms with E-state index in [1.807, 2.05) is 56.6 Å². The molecule has 6 rings (SSSR count). The molecular weight excluding hydrogens is 562 g/mol. The molecule has 4 aromatic rings. The van der Waals surface area contributed by atoms with Gasteiger partial charge in [0.05, 0.1) is 23.9 Å². The summed E-state index contributed by atoms with van der Waals surface area (Å²) in [6.45, 7) is 6.35. The first kappa shape index (κ1) is 28.9. The van der Waals surface area contributed by atoms with Gasteiger partial charge in [0, 0.05) is 49.9 Å². The zero-order valence-electron chi connectivity index (χ0n) is 25.0. The number of ether oxygens (including phenoxy) is 1. The predicted molar refractivity (Wildman–Crippen MR) is 166 cm³/mol. The molecule has 10 heteroatoms. The number of rotatable bonds is 9. The van der Waals surface area contributed by atoms with Crippen molar-refractivity contribution in [3.8, 4) is 17.0 Å². The summed E-state index contributed by atoms with van der Waals surface area (Å²) in [7, 11) is 3.65. The van der Waals surface area contributed by atoms with Crippen molar-refractivity contribution in [1.82, 2.24) is 19.7 Å². The Labute approximate surface area is 255 Å². The van der Waals surface area contributed by atoms with Crippen molar-refractivity contribution in [2.75, 3.05) is 25.0 Å². The minimum absolute atomic E-state index is 0.0541. The standard InChI is InChI=1S/C33H37N5O4S/c1-20-5-10-29(27(13-20)28-19-43-33(34-28)38-15-23-7-8-24(16-38)30(23)32(40)41)42-18-25-9-6-22(14-21(25)2)31(39)36(3)17-26-11-12-37(4)35-26/h5-6,9-14,19,23-24,30H,7-8,15-18H2,1-4H3,(H,40,41)/t23-,24+,30?. The van der Waals surface area contributed by atoms with E-state index in [9.17, 15) is 14.7 Å². The lowest BCUT2D eigenvalue weighted by Crippen LogP contribution is -2.44. The number of thiazole rings is 1. The molecule has 224 valence electrons. The van der Waals surface area contributed by atoms with Gasteiger partial charge in [-0.2, -0.15) is 5.10 Å². The summed E-state index contributed by atoms with van der Waals surface area (Å²) in [6, 6.07) is 13.8. The highest BCUT2D eigenvalue weighted by atomic mass is 32.1. The molecule has 1 N–H and O–H groups in total. The van der Waals surface area contributed by atoms with Crippen molar-refractivity contribution < 1.29 is 19.4 Å². The molecule has 2 bridgehead atoms. The Kier molecular flexibility index (Phi) is 7.96. The van der Waals surface area contributed by atoms with Crippen molar-refractivity contribution in [2.24, 2.45) is 24.8 Å². The summed E-state index contributed by atoms with van der Waals surface area (Å²) in [4.78, 5) is 33.8. The second kappa shape index (κ2) is 11.8. The normalized spacial score (nSPS) is 19.4. The van der Waals surface area contributed by atoms with E-state index in [-0.39, 0.29) is 23.7 Å². The van der Waals surface area contributed by atoms with Gasteiger partial charge in [-0.1, -0.05) is 17.7 Å². The molecule has 3 heterocycles. The number of amides is 1. The van der Waals surface area contributed by atoms with Gasteiger partial charge in [0.25, 0.3) is 5.91 Å². The van der Waals surface area contributed by atoms with Crippen LogP contribution in [0.4, 0.5) is 5.13 Å². The lowest BCUT2D eigenvalue weighted by atomic mass is 9.85. The van der Waals surface area contributed by atoms with Gasteiger partial charge in [-0.25, -0.2) is 4.98 Å². The maximum atomic E-state index is 13.1. The number of aryl methyl sites for hydroxylation is 3. The van der Waals surface area contributed by atoms with Gasteiger partial charge in [-0.3, -0.25) is 14.3 Å². The highest BCUT2D eigenvalue weighted by Crippen LogP contribution is 2.44. The fourth-order valence-corrected chi connectivity index (χ4v) is 7.36. The summed E-state index contributed by atoms with van der Waals surface area (Å²) < 4.78 is 8.09. The second-order valence-electron chi connectivity index (χ2n) is 12.0. The van der Waals surface area contributed by atoms with E-state index >= 15 is 0 Å². The van der Waals surface area contributed by atoms with Crippen molar-refractivity contribution in [3.05, 3.63) is 82.0 Å². The molecule has 1 aliphatic carbocycles. The van der Waals surface area contributed by atoms with Crippen molar-refractivity contribution in [1.29, 1.82) is 0 Å². The molecule has 0 spiro atoms. The Balaban J connectivity index is 1.14. The van der Waals surface area contributed by atoms with Crippen LogP contribution < -0.4 is 9.64 Å². The Bertz CT molecular complexity index is 1650. The molecular formula is C33H37N5O4S. The fourth-order valence-electron chi connectivity index (χ4n) is 6.51. The Morgan fingerprint density at radius 2 is 1.86 bits per heavy atom. The van der Waals surface area contributed by atoms with Gasteiger partial charge >= 0.3 is 5.97 Å². The van der Waals surface area contributed by atoms with Gasteiger partial charge in [-0.15, -0.1) is 11.3 Å². The highest BCUT2D eigenvalue weighted by molar-refractivity contribution is 7.14. The Morgan fingerprint density at radius 1 is 1.09 bits per heavy atom. The molecule has 1 saturated carbocycles. The van der Waals surface area contributed by atoms with Crippen LogP contribution in [0, 0.1) is 31.6 Å². The van der Waals surface area contributed by atoms with Gasteiger partial charge in [-0.05, 0) is 80.0 Å². The van der Waals surface area contributed by atoms with Crippen molar-refractivity contribution in [2.45, 2.75) is 39.8 Å². The van der Waals surface area contributed by atoms with E-state index in [0.29, 0.717) is 18.7 Å². The summed E-state index contributed by atoms with van der Waals surface area (Å²) in [5.41, 5.74) is 6.38. The molecule has 1 aliphatic heterocycles. The number of carbonyl (C=O) groups excluding carboxylic acids is 1.